The summed E-state index contributed by atoms with van der Waals surface area (Å²) in [5.74, 6) is 1.36. The fraction of sp³-hybridized carbons (Fsp3) is 0.240. The molecule has 1 atom stereocenters. The average Bonchev–Trinajstić information content (AvgIpc) is 3.24. The fourth-order valence-corrected chi connectivity index (χ4v) is 3.90. The number of fused-ring (bicyclic) bond motifs is 2. The summed E-state index contributed by atoms with van der Waals surface area (Å²) in [6.45, 7) is 4.00. The van der Waals surface area contributed by atoms with Gasteiger partial charge < -0.3 is 14.4 Å². The van der Waals surface area contributed by atoms with E-state index >= 15 is 0 Å². The van der Waals surface area contributed by atoms with Gasteiger partial charge in [0, 0.05) is 18.1 Å². The Morgan fingerprint density at radius 1 is 1.09 bits per heavy atom. The van der Waals surface area contributed by atoms with E-state index < -0.39 is 0 Å². The third kappa shape index (κ3) is 4.01. The van der Waals surface area contributed by atoms with Gasteiger partial charge in [-0.25, -0.2) is 9.67 Å². The zero-order valence-corrected chi connectivity index (χ0v) is 17.8. The molecule has 162 valence electrons. The first-order valence-electron chi connectivity index (χ1n) is 10.7. The Balaban J connectivity index is 1.31. The van der Waals surface area contributed by atoms with Gasteiger partial charge in [-0.3, -0.25) is 4.79 Å². The standard InChI is InChI=1S/C25H24N4O3/c1-2-28(16-21-17-31-22-10-6-7-11-23(22)32-21)25(30)20-12-19-14-27-29(24(19)26-13-20)15-18-8-4-3-5-9-18/h3-14,21H,2,15-17H2,1H3. The second kappa shape index (κ2) is 8.70. The van der Waals surface area contributed by atoms with E-state index in [9.17, 15) is 4.79 Å². The normalized spacial score (nSPS) is 15.0. The summed E-state index contributed by atoms with van der Waals surface area (Å²) < 4.78 is 13.7. The molecule has 1 aliphatic heterocycles. The second-order valence-corrected chi connectivity index (χ2v) is 7.77. The van der Waals surface area contributed by atoms with Crippen molar-refractivity contribution in [3.05, 3.63) is 84.2 Å². The van der Waals surface area contributed by atoms with Crippen LogP contribution < -0.4 is 9.47 Å². The van der Waals surface area contributed by atoms with E-state index in [1.807, 2.05) is 60.1 Å². The van der Waals surface area contributed by atoms with Crippen molar-refractivity contribution in [3.8, 4) is 11.5 Å². The van der Waals surface area contributed by atoms with Crippen LogP contribution in [0.4, 0.5) is 0 Å². The molecular weight excluding hydrogens is 404 g/mol. The molecule has 5 rings (SSSR count). The number of carbonyl (C=O) groups is 1. The molecule has 3 heterocycles. The summed E-state index contributed by atoms with van der Waals surface area (Å²) in [5.41, 5.74) is 2.44. The average molecular weight is 428 g/mol. The van der Waals surface area contributed by atoms with Crippen molar-refractivity contribution < 1.29 is 14.3 Å². The Labute approximate surface area is 186 Å². The van der Waals surface area contributed by atoms with Crippen LogP contribution in [0.25, 0.3) is 11.0 Å². The lowest BCUT2D eigenvalue weighted by atomic mass is 10.2. The molecule has 0 spiro atoms. The Kier molecular flexibility index (Phi) is 5.46. The summed E-state index contributed by atoms with van der Waals surface area (Å²) >= 11 is 0. The number of hydrogen-bond acceptors (Lipinski definition) is 5. The summed E-state index contributed by atoms with van der Waals surface area (Å²) in [4.78, 5) is 19.5. The number of aromatic nitrogens is 3. The fourth-order valence-electron chi connectivity index (χ4n) is 3.90. The van der Waals surface area contributed by atoms with Gasteiger partial charge in [-0.05, 0) is 30.7 Å². The second-order valence-electron chi connectivity index (χ2n) is 7.77. The minimum atomic E-state index is -0.223. The highest BCUT2D eigenvalue weighted by molar-refractivity contribution is 5.96. The van der Waals surface area contributed by atoms with Gasteiger partial charge in [-0.2, -0.15) is 5.10 Å². The van der Waals surface area contributed by atoms with Crippen LogP contribution >= 0.6 is 0 Å². The summed E-state index contributed by atoms with van der Waals surface area (Å²) in [6.07, 6.45) is 3.16. The van der Waals surface area contributed by atoms with Gasteiger partial charge in [0.05, 0.1) is 24.8 Å². The predicted octanol–water partition coefficient (Wildman–Crippen LogP) is 3.78. The van der Waals surface area contributed by atoms with Crippen molar-refractivity contribution in [1.82, 2.24) is 19.7 Å². The van der Waals surface area contributed by atoms with Gasteiger partial charge in [0.2, 0.25) is 0 Å². The summed E-state index contributed by atoms with van der Waals surface area (Å²) in [5, 5.41) is 5.31. The van der Waals surface area contributed by atoms with E-state index in [0.717, 1.165) is 22.3 Å². The SMILES string of the molecule is CCN(CC1COc2ccccc2O1)C(=O)c1cnc2c(cnn2Cc2ccccc2)c1. The third-order valence-electron chi connectivity index (χ3n) is 5.56. The monoisotopic (exact) mass is 428 g/mol. The Morgan fingerprint density at radius 3 is 2.69 bits per heavy atom. The minimum absolute atomic E-state index is 0.0832. The number of nitrogens with zero attached hydrogens (tertiary/aromatic N) is 4. The van der Waals surface area contributed by atoms with Gasteiger partial charge >= 0.3 is 0 Å². The highest BCUT2D eigenvalue weighted by atomic mass is 16.6. The smallest absolute Gasteiger partial charge is 0.255 e. The van der Waals surface area contributed by atoms with Crippen molar-refractivity contribution in [2.24, 2.45) is 0 Å². The first-order chi connectivity index (χ1) is 15.7. The number of para-hydroxylation sites is 2. The van der Waals surface area contributed by atoms with E-state index in [0.29, 0.717) is 37.6 Å². The first kappa shape index (κ1) is 20.1. The number of rotatable bonds is 6. The van der Waals surface area contributed by atoms with Crippen LogP contribution in [0.3, 0.4) is 0 Å². The molecule has 0 fully saturated rings. The molecule has 0 N–H and O–H groups in total. The summed E-state index contributed by atoms with van der Waals surface area (Å²) in [7, 11) is 0. The first-order valence-corrected chi connectivity index (χ1v) is 10.7. The van der Waals surface area contributed by atoms with Crippen molar-refractivity contribution in [1.29, 1.82) is 0 Å². The van der Waals surface area contributed by atoms with Crippen LogP contribution in [-0.2, 0) is 6.54 Å². The molecule has 1 aliphatic rings. The van der Waals surface area contributed by atoms with Crippen molar-refractivity contribution in [2.45, 2.75) is 19.6 Å². The number of carbonyl (C=O) groups excluding carboxylic acids is 1. The lowest BCUT2D eigenvalue weighted by molar-refractivity contribution is 0.0475. The quantitative estimate of drug-likeness (QED) is 0.467. The van der Waals surface area contributed by atoms with Crippen LogP contribution in [0.2, 0.25) is 0 Å². The van der Waals surface area contributed by atoms with Crippen LogP contribution in [0.5, 0.6) is 11.5 Å². The number of likely N-dealkylation sites (N-methyl/N-ethyl adjacent to an activating group) is 1. The number of hydrogen-bond donors (Lipinski definition) is 0. The van der Waals surface area contributed by atoms with Crippen molar-refractivity contribution in [3.63, 3.8) is 0 Å². The molecule has 2 aromatic heterocycles. The minimum Gasteiger partial charge on any atom is -0.486 e. The van der Waals surface area contributed by atoms with Gasteiger partial charge in [-0.15, -0.1) is 0 Å². The van der Waals surface area contributed by atoms with E-state index in [2.05, 4.69) is 22.2 Å². The van der Waals surface area contributed by atoms with Gasteiger partial charge in [-0.1, -0.05) is 42.5 Å². The zero-order valence-electron chi connectivity index (χ0n) is 17.8. The van der Waals surface area contributed by atoms with Crippen LogP contribution in [-0.4, -0.2) is 51.4 Å². The molecule has 2 aromatic carbocycles. The highest BCUT2D eigenvalue weighted by Crippen LogP contribution is 2.31. The molecule has 0 saturated heterocycles. The number of benzene rings is 2. The molecule has 0 bridgehead atoms. The van der Waals surface area contributed by atoms with Gasteiger partial charge in [0.15, 0.2) is 23.3 Å². The molecule has 32 heavy (non-hydrogen) atoms. The molecule has 1 unspecified atom stereocenters. The maximum atomic E-state index is 13.2. The lowest BCUT2D eigenvalue weighted by Gasteiger charge is -2.30. The van der Waals surface area contributed by atoms with E-state index in [1.54, 1.807) is 17.3 Å². The van der Waals surface area contributed by atoms with E-state index in [4.69, 9.17) is 9.47 Å². The maximum Gasteiger partial charge on any atom is 0.255 e. The molecule has 4 aromatic rings. The van der Waals surface area contributed by atoms with Crippen molar-refractivity contribution in [2.75, 3.05) is 19.7 Å². The van der Waals surface area contributed by atoms with Crippen LogP contribution in [0, 0.1) is 0 Å². The molecule has 0 saturated carbocycles. The Bertz CT molecular complexity index is 1240. The maximum absolute atomic E-state index is 13.2. The highest BCUT2D eigenvalue weighted by Gasteiger charge is 2.25. The number of ether oxygens (including phenoxy) is 2. The number of pyridine rings is 1. The van der Waals surface area contributed by atoms with Crippen molar-refractivity contribution >= 4 is 16.9 Å². The lowest BCUT2D eigenvalue weighted by Crippen LogP contribution is -2.43. The largest absolute Gasteiger partial charge is 0.486 e. The Hall–Kier alpha value is -3.87. The molecule has 0 aliphatic carbocycles. The molecule has 1 amide bonds. The van der Waals surface area contributed by atoms with E-state index in [-0.39, 0.29) is 12.0 Å². The van der Waals surface area contributed by atoms with Gasteiger partial charge in [0.1, 0.15) is 6.61 Å². The van der Waals surface area contributed by atoms with Gasteiger partial charge in [0.25, 0.3) is 5.91 Å². The third-order valence-corrected chi connectivity index (χ3v) is 5.56. The Morgan fingerprint density at radius 2 is 1.88 bits per heavy atom. The van der Waals surface area contributed by atoms with E-state index in [1.165, 1.54) is 0 Å². The van der Waals surface area contributed by atoms with Crippen LogP contribution in [0.15, 0.2) is 73.1 Å². The number of amides is 1. The topological polar surface area (TPSA) is 69.5 Å². The summed E-state index contributed by atoms with van der Waals surface area (Å²) in [6, 6.07) is 19.5. The zero-order chi connectivity index (χ0) is 21.9. The predicted molar refractivity (Wildman–Crippen MR) is 121 cm³/mol. The molecule has 7 heteroatoms. The molecular formula is C25H24N4O3. The molecule has 7 nitrogen and oxygen atoms in total. The molecule has 0 radical (unpaired) electrons. The van der Waals surface area contributed by atoms with Crippen LogP contribution in [0.1, 0.15) is 22.8 Å².